The predicted molar refractivity (Wildman–Crippen MR) is 36.4 cm³/mol. The van der Waals surface area contributed by atoms with Gasteiger partial charge >= 0.3 is 0 Å². The molecule has 0 bridgehead atoms. The van der Waals surface area contributed by atoms with Crippen LogP contribution in [0.25, 0.3) is 0 Å². The zero-order valence-corrected chi connectivity index (χ0v) is 6.13. The molecule has 2 N–H and O–H groups in total. The van der Waals surface area contributed by atoms with Gasteiger partial charge in [-0.05, 0) is 6.92 Å². The van der Waals surface area contributed by atoms with Crippen LogP contribution in [0.5, 0.6) is 0 Å². The monoisotopic (exact) mass is 141 g/mol. The lowest BCUT2D eigenvalue weighted by atomic mass is 10.4. The van der Waals surface area contributed by atoms with Crippen molar-refractivity contribution in [3.63, 3.8) is 0 Å². The van der Waals surface area contributed by atoms with E-state index in [0.717, 1.165) is 12.2 Å². The van der Waals surface area contributed by atoms with Crippen molar-refractivity contribution in [2.24, 2.45) is 0 Å². The Morgan fingerprint density at radius 3 is 2.70 bits per heavy atom. The molecule has 4 heteroatoms. The van der Waals surface area contributed by atoms with Crippen LogP contribution in [0.15, 0.2) is 0 Å². The third-order valence-corrected chi connectivity index (χ3v) is 1.26. The summed E-state index contributed by atoms with van der Waals surface area (Å²) in [5, 5.41) is 15.5. The smallest absolute Gasteiger partial charge is 0.178 e. The lowest BCUT2D eigenvalue weighted by molar-refractivity contribution is 0.189. The molecule has 0 aromatic carbocycles. The lowest BCUT2D eigenvalue weighted by Crippen LogP contribution is -1.93. The van der Waals surface area contributed by atoms with Gasteiger partial charge < -0.3 is 5.11 Å². The molecular weight excluding hydrogens is 130 g/mol. The average Bonchev–Trinajstić information content (AvgIpc) is 2.34. The van der Waals surface area contributed by atoms with Crippen LogP contribution in [0.4, 0.5) is 0 Å². The third-order valence-electron chi connectivity index (χ3n) is 1.26. The second-order valence-corrected chi connectivity index (χ2v) is 2.17. The summed E-state index contributed by atoms with van der Waals surface area (Å²) < 4.78 is 0. The molecule has 0 spiro atoms. The Morgan fingerprint density at radius 1 is 1.70 bits per heavy atom. The summed E-state index contributed by atoms with van der Waals surface area (Å²) in [7, 11) is 0. The normalized spacial score (nSPS) is 13.5. The van der Waals surface area contributed by atoms with E-state index in [1.54, 1.807) is 6.92 Å². The number of aliphatic hydroxyl groups is 1. The van der Waals surface area contributed by atoms with Crippen molar-refractivity contribution in [2.75, 3.05) is 0 Å². The highest BCUT2D eigenvalue weighted by atomic mass is 16.3. The molecular formula is C6H11N3O. The lowest BCUT2D eigenvalue weighted by Gasteiger charge is -1.92. The maximum atomic E-state index is 8.99. The maximum absolute atomic E-state index is 8.99. The van der Waals surface area contributed by atoms with Gasteiger partial charge in [-0.15, -0.1) is 0 Å². The average molecular weight is 141 g/mol. The van der Waals surface area contributed by atoms with Gasteiger partial charge in [-0.2, -0.15) is 5.10 Å². The Labute approximate surface area is 59.3 Å². The minimum absolute atomic E-state index is 0.469. The summed E-state index contributed by atoms with van der Waals surface area (Å²) in [6, 6.07) is 0. The first-order valence-corrected chi connectivity index (χ1v) is 3.33. The second-order valence-electron chi connectivity index (χ2n) is 2.17. The van der Waals surface area contributed by atoms with Crippen molar-refractivity contribution >= 4 is 0 Å². The first-order valence-electron chi connectivity index (χ1n) is 3.33. The summed E-state index contributed by atoms with van der Waals surface area (Å²) in [6.45, 7) is 3.62. The number of aromatic amines is 1. The van der Waals surface area contributed by atoms with E-state index < -0.39 is 6.10 Å². The highest BCUT2D eigenvalue weighted by molar-refractivity contribution is 4.91. The zero-order chi connectivity index (χ0) is 7.56. The number of nitrogens with one attached hydrogen (secondary N) is 1. The van der Waals surface area contributed by atoms with Gasteiger partial charge in [-0.3, -0.25) is 5.10 Å². The SMILES string of the molecule is CCc1nc([C@@H](C)O)n[nH]1. The molecule has 0 radical (unpaired) electrons. The molecule has 0 aliphatic rings. The highest BCUT2D eigenvalue weighted by Gasteiger charge is 2.05. The first-order chi connectivity index (χ1) is 4.74. The minimum atomic E-state index is -0.573. The molecule has 0 aliphatic carbocycles. The molecule has 1 aromatic rings. The minimum Gasteiger partial charge on any atom is -0.385 e. The van der Waals surface area contributed by atoms with Crippen LogP contribution in [-0.4, -0.2) is 20.3 Å². The van der Waals surface area contributed by atoms with E-state index in [0.29, 0.717) is 5.82 Å². The predicted octanol–water partition coefficient (Wildman–Crippen LogP) is 0.420. The van der Waals surface area contributed by atoms with E-state index in [4.69, 9.17) is 5.11 Å². The fourth-order valence-electron chi connectivity index (χ4n) is 0.655. The van der Waals surface area contributed by atoms with Gasteiger partial charge in [0.2, 0.25) is 0 Å². The fourth-order valence-corrected chi connectivity index (χ4v) is 0.655. The number of aromatic nitrogens is 3. The number of H-pyrrole nitrogens is 1. The largest absolute Gasteiger partial charge is 0.385 e. The molecule has 10 heavy (non-hydrogen) atoms. The number of nitrogens with zero attached hydrogens (tertiary/aromatic N) is 2. The van der Waals surface area contributed by atoms with Gasteiger partial charge in [0.05, 0.1) is 0 Å². The van der Waals surface area contributed by atoms with Crippen LogP contribution >= 0.6 is 0 Å². The van der Waals surface area contributed by atoms with Crippen LogP contribution in [0, 0.1) is 0 Å². The third kappa shape index (κ3) is 1.33. The van der Waals surface area contributed by atoms with Crippen molar-refractivity contribution in [3.05, 3.63) is 11.6 Å². The summed E-state index contributed by atoms with van der Waals surface area (Å²) in [6.07, 6.45) is 0.247. The summed E-state index contributed by atoms with van der Waals surface area (Å²) in [5.41, 5.74) is 0. The number of aryl methyl sites for hydroxylation is 1. The van der Waals surface area contributed by atoms with E-state index in [1.165, 1.54) is 0 Å². The van der Waals surface area contributed by atoms with E-state index in [9.17, 15) is 0 Å². The van der Waals surface area contributed by atoms with Gasteiger partial charge in [0.25, 0.3) is 0 Å². The van der Waals surface area contributed by atoms with Gasteiger partial charge in [0.1, 0.15) is 11.9 Å². The number of aliphatic hydroxyl groups excluding tert-OH is 1. The van der Waals surface area contributed by atoms with E-state index in [1.807, 2.05) is 6.92 Å². The molecule has 0 saturated carbocycles. The van der Waals surface area contributed by atoms with E-state index in [2.05, 4.69) is 15.2 Å². The molecule has 0 aliphatic heterocycles. The molecule has 0 fully saturated rings. The topological polar surface area (TPSA) is 61.8 Å². The fraction of sp³-hybridized carbons (Fsp3) is 0.667. The van der Waals surface area contributed by atoms with Crippen molar-refractivity contribution in [1.82, 2.24) is 15.2 Å². The van der Waals surface area contributed by atoms with Crippen molar-refractivity contribution in [3.8, 4) is 0 Å². The standard InChI is InChI=1S/C6H11N3O/c1-3-5-7-6(4(2)10)9-8-5/h4,10H,3H2,1-2H3,(H,7,8,9)/t4-/m1/s1. The Hall–Kier alpha value is -0.900. The summed E-state index contributed by atoms with van der Waals surface area (Å²) >= 11 is 0. The molecule has 1 rings (SSSR count). The van der Waals surface area contributed by atoms with Crippen LogP contribution in [0.3, 0.4) is 0 Å². The van der Waals surface area contributed by atoms with Crippen molar-refractivity contribution < 1.29 is 5.11 Å². The molecule has 0 saturated heterocycles. The Balaban J connectivity index is 2.78. The number of rotatable bonds is 2. The Bertz CT molecular complexity index is 207. The highest BCUT2D eigenvalue weighted by Crippen LogP contribution is 2.04. The molecule has 56 valence electrons. The number of hydrogen-bond donors (Lipinski definition) is 2. The van der Waals surface area contributed by atoms with Crippen LogP contribution in [0.1, 0.15) is 31.6 Å². The molecule has 1 heterocycles. The first kappa shape index (κ1) is 7.21. The van der Waals surface area contributed by atoms with E-state index >= 15 is 0 Å². The molecule has 1 atom stereocenters. The van der Waals surface area contributed by atoms with Gasteiger partial charge in [0.15, 0.2) is 5.82 Å². The van der Waals surface area contributed by atoms with Gasteiger partial charge in [-0.1, -0.05) is 6.92 Å². The van der Waals surface area contributed by atoms with Crippen LogP contribution in [0.2, 0.25) is 0 Å². The Morgan fingerprint density at radius 2 is 2.40 bits per heavy atom. The maximum Gasteiger partial charge on any atom is 0.178 e. The van der Waals surface area contributed by atoms with Gasteiger partial charge in [0, 0.05) is 6.42 Å². The molecule has 4 nitrogen and oxygen atoms in total. The molecule has 1 aromatic heterocycles. The van der Waals surface area contributed by atoms with Gasteiger partial charge in [-0.25, -0.2) is 4.98 Å². The summed E-state index contributed by atoms with van der Waals surface area (Å²) in [5.74, 6) is 1.28. The molecule has 0 amide bonds. The van der Waals surface area contributed by atoms with Crippen LogP contribution < -0.4 is 0 Å². The second kappa shape index (κ2) is 2.79. The number of hydrogen-bond acceptors (Lipinski definition) is 3. The Kier molecular flexibility index (Phi) is 2.01. The van der Waals surface area contributed by atoms with Crippen molar-refractivity contribution in [1.29, 1.82) is 0 Å². The quantitative estimate of drug-likeness (QED) is 0.627. The zero-order valence-electron chi connectivity index (χ0n) is 6.13. The van der Waals surface area contributed by atoms with E-state index in [-0.39, 0.29) is 0 Å². The van der Waals surface area contributed by atoms with Crippen LogP contribution in [-0.2, 0) is 6.42 Å². The van der Waals surface area contributed by atoms with Crippen molar-refractivity contribution in [2.45, 2.75) is 26.4 Å². The summed E-state index contributed by atoms with van der Waals surface area (Å²) in [4.78, 5) is 4.01. The molecule has 0 unspecified atom stereocenters.